The Morgan fingerprint density at radius 3 is 2.48 bits per heavy atom. The Morgan fingerprint density at radius 1 is 0.963 bits per heavy atom. The maximum atomic E-state index is 12.4. The van der Waals surface area contributed by atoms with Crippen LogP contribution in [0.4, 0.5) is 0 Å². The normalized spacial score (nSPS) is 10.8. The second kappa shape index (κ2) is 7.30. The van der Waals surface area contributed by atoms with Crippen LogP contribution in [-0.4, -0.2) is 16.8 Å². The van der Waals surface area contributed by atoms with Crippen LogP contribution in [-0.2, 0) is 6.54 Å². The van der Waals surface area contributed by atoms with Gasteiger partial charge in [-0.05, 0) is 42.0 Å². The third kappa shape index (κ3) is 3.74. The first-order valence-electron chi connectivity index (χ1n) is 8.23. The number of thiazole rings is 1. The molecule has 4 aromatic rings. The van der Waals surface area contributed by atoms with E-state index in [1.54, 1.807) is 35.6 Å². The standard InChI is InChI=1S/C20H15N3O2S2/c21-18(24)13-7-5-12(6-8-13)11-22-19(25)16-9-10-17(26-16)20-23-14-3-1-2-4-15(14)27-20/h1-10H,11H2,(H2,21,24)(H,22,25). The minimum Gasteiger partial charge on any atom is -0.366 e. The first kappa shape index (κ1) is 17.4. The van der Waals surface area contributed by atoms with Gasteiger partial charge in [0.25, 0.3) is 5.91 Å². The Hall–Kier alpha value is -3.03. The predicted octanol–water partition coefficient (Wildman–Crippen LogP) is 4.05. The van der Waals surface area contributed by atoms with Gasteiger partial charge in [-0.15, -0.1) is 22.7 Å². The lowest BCUT2D eigenvalue weighted by atomic mass is 10.1. The lowest BCUT2D eigenvalue weighted by Crippen LogP contribution is -2.21. The zero-order valence-corrected chi connectivity index (χ0v) is 15.8. The summed E-state index contributed by atoms with van der Waals surface area (Å²) in [5.74, 6) is -0.599. The SMILES string of the molecule is NC(=O)c1ccc(CNC(=O)c2ccc(-c3nc4ccccc4s3)s2)cc1. The number of rotatable bonds is 5. The smallest absolute Gasteiger partial charge is 0.261 e. The molecule has 2 aromatic carbocycles. The van der Waals surface area contributed by atoms with Crippen molar-refractivity contribution in [1.29, 1.82) is 0 Å². The molecule has 2 aromatic heterocycles. The lowest BCUT2D eigenvalue weighted by Gasteiger charge is -2.04. The van der Waals surface area contributed by atoms with Gasteiger partial charge in [0.1, 0.15) is 5.01 Å². The van der Waals surface area contributed by atoms with Crippen LogP contribution in [0.2, 0.25) is 0 Å². The first-order chi connectivity index (χ1) is 13.1. The summed E-state index contributed by atoms with van der Waals surface area (Å²) < 4.78 is 1.13. The van der Waals surface area contributed by atoms with E-state index in [9.17, 15) is 9.59 Å². The highest BCUT2D eigenvalue weighted by atomic mass is 32.1. The molecule has 4 rings (SSSR count). The molecular formula is C20H15N3O2S2. The molecule has 2 amide bonds. The van der Waals surface area contributed by atoms with Crippen LogP contribution >= 0.6 is 22.7 Å². The molecule has 27 heavy (non-hydrogen) atoms. The molecule has 0 aliphatic carbocycles. The predicted molar refractivity (Wildman–Crippen MR) is 109 cm³/mol. The van der Waals surface area contributed by atoms with Crippen molar-refractivity contribution in [2.45, 2.75) is 6.54 Å². The summed E-state index contributed by atoms with van der Waals surface area (Å²) in [6.45, 7) is 0.381. The Labute approximate surface area is 163 Å². The third-order valence-electron chi connectivity index (χ3n) is 4.03. The number of nitrogens with zero attached hydrogens (tertiary/aromatic N) is 1. The van der Waals surface area contributed by atoms with Gasteiger partial charge in [-0.2, -0.15) is 0 Å². The monoisotopic (exact) mass is 393 g/mol. The van der Waals surface area contributed by atoms with Crippen LogP contribution < -0.4 is 11.1 Å². The van der Waals surface area contributed by atoms with E-state index in [2.05, 4.69) is 10.3 Å². The van der Waals surface area contributed by atoms with Crippen LogP contribution in [0.25, 0.3) is 20.1 Å². The fourth-order valence-electron chi connectivity index (χ4n) is 2.61. The Bertz CT molecular complexity index is 1100. The number of fused-ring (bicyclic) bond motifs is 1. The third-order valence-corrected chi connectivity index (χ3v) is 6.32. The fraction of sp³-hybridized carbons (Fsp3) is 0.0500. The molecule has 0 spiro atoms. The Morgan fingerprint density at radius 2 is 1.74 bits per heavy atom. The fourth-order valence-corrected chi connectivity index (χ4v) is 4.55. The number of para-hydroxylation sites is 1. The zero-order chi connectivity index (χ0) is 18.8. The van der Waals surface area contributed by atoms with Crippen molar-refractivity contribution in [3.63, 3.8) is 0 Å². The maximum Gasteiger partial charge on any atom is 0.261 e. The number of carbonyl (C=O) groups excluding carboxylic acids is 2. The summed E-state index contributed by atoms with van der Waals surface area (Å²) >= 11 is 3.04. The maximum absolute atomic E-state index is 12.4. The number of nitrogens with two attached hydrogens (primary N) is 1. The average Bonchev–Trinajstić information content (AvgIpc) is 3.33. The van der Waals surface area contributed by atoms with E-state index in [4.69, 9.17) is 5.73 Å². The molecule has 2 heterocycles. The molecule has 0 bridgehead atoms. The number of amides is 2. The van der Waals surface area contributed by atoms with Gasteiger partial charge in [-0.1, -0.05) is 24.3 Å². The van der Waals surface area contributed by atoms with Gasteiger partial charge in [0.15, 0.2) is 0 Å². The van der Waals surface area contributed by atoms with Gasteiger partial charge in [0.2, 0.25) is 5.91 Å². The van der Waals surface area contributed by atoms with Crippen LogP contribution in [0, 0.1) is 0 Å². The highest BCUT2D eigenvalue weighted by Crippen LogP contribution is 2.34. The molecule has 0 radical (unpaired) electrons. The zero-order valence-electron chi connectivity index (χ0n) is 14.1. The van der Waals surface area contributed by atoms with Gasteiger partial charge in [-0.3, -0.25) is 9.59 Å². The molecule has 5 nitrogen and oxygen atoms in total. The Balaban J connectivity index is 1.44. The molecule has 0 unspecified atom stereocenters. The molecule has 0 fully saturated rings. The minimum atomic E-state index is -0.466. The summed E-state index contributed by atoms with van der Waals surface area (Å²) in [4.78, 5) is 29.8. The van der Waals surface area contributed by atoms with Crippen molar-refractivity contribution >= 4 is 44.7 Å². The molecule has 7 heteroatoms. The van der Waals surface area contributed by atoms with Crippen molar-refractivity contribution in [2.75, 3.05) is 0 Å². The lowest BCUT2D eigenvalue weighted by molar-refractivity contribution is 0.0953. The number of nitrogens with one attached hydrogen (secondary N) is 1. The number of aromatic nitrogens is 1. The molecule has 0 atom stereocenters. The summed E-state index contributed by atoms with van der Waals surface area (Å²) in [7, 11) is 0. The summed E-state index contributed by atoms with van der Waals surface area (Å²) in [6.07, 6.45) is 0. The number of hydrogen-bond donors (Lipinski definition) is 2. The quantitative estimate of drug-likeness (QED) is 0.536. The number of thiophene rings is 1. The topological polar surface area (TPSA) is 85.1 Å². The van der Waals surface area contributed by atoms with E-state index >= 15 is 0 Å². The van der Waals surface area contributed by atoms with Gasteiger partial charge in [-0.25, -0.2) is 4.98 Å². The molecule has 0 saturated heterocycles. The van der Waals surface area contributed by atoms with Crippen molar-refractivity contribution in [1.82, 2.24) is 10.3 Å². The molecular weight excluding hydrogens is 378 g/mol. The molecule has 0 aliphatic heterocycles. The number of hydrogen-bond acceptors (Lipinski definition) is 5. The van der Waals surface area contributed by atoms with E-state index in [0.29, 0.717) is 17.0 Å². The summed E-state index contributed by atoms with van der Waals surface area (Å²) in [5.41, 5.74) is 7.54. The van der Waals surface area contributed by atoms with E-state index in [0.717, 1.165) is 25.7 Å². The van der Waals surface area contributed by atoms with Crippen molar-refractivity contribution < 1.29 is 9.59 Å². The van der Waals surface area contributed by atoms with Gasteiger partial charge in [0.05, 0.1) is 20.0 Å². The number of carbonyl (C=O) groups is 2. The Kier molecular flexibility index (Phi) is 4.70. The van der Waals surface area contributed by atoms with Crippen LogP contribution in [0.1, 0.15) is 25.6 Å². The van der Waals surface area contributed by atoms with E-state index in [1.807, 2.05) is 36.4 Å². The highest BCUT2D eigenvalue weighted by molar-refractivity contribution is 7.26. The first-order valence-corrected chi connectivity index (χ1v) is 9.86. The number of benzene rings is 2. The van der Waals surface area contributed by atoms with Crippen molar-refractivity contribution in [3.8, 4) is 9.88 Å². The molecule has 0 aliphatic rings. The van der Waals surface area contributed by atoms with Crippen LogP contribution in [0.5, 0.6) is 0 Å². The second-order valence-corrected chi connectivity index (χ2v) is 8.01. The average molecular weight is 393 g/mol. The van der Waals surface area contributed by atoms with Crippen molar-refractivity contribution in [2.24, 2.45) is 5.73 Å². The summed E-state index contributed by atoms with van der Waals surface area (Å²) in [6, 6.07) is 18.6. The van der Waals surface area contributed by atoms with E-state index < -0.39 is 5.91 Å². The van der Waals surface area contributed by atoms with Crippen LogP contribution in [0.15, 0.2) is 60.7 Å². The van der Waals surface area contributed by atoms with Gasteiger partial charge < -0.3 is 11.1 Å². The van der Waals surface area contributed by atoms with Gasteiger partial charge >= 0.3 is 0 Å². The molecule has 0 saturated carbocycles. The molecule has 134 valence electrons. The van der Waals surface area contributed by atoms with Gasteiger partial charge in [0, 0.05) is 12.1 Å². The highest BCUT2D eigenvalue weighted by Gasteiger charge is 2.13. The molecule has 3 N–H and O–H groups in total. The second-order valence-electron chi connectivity index (χ2n) is 5.89. The number of primary amides is 1. The largest absolute Gasteiger partial charge is 0.366 e. The van der Waals surface area contributed by atoms with E-state index in [1.165, 1.54) is 11.3 Å². The van der Waals surface area contributed by atoms with E-state index in [-0.39, 0.29) is 5.91 Å². The van der Waals surface area contributed by atoms with Crippen molar-refractivity contribution in [3.05, 3.63) is 76.7 Å². The minimum absolute atomic E-state index is 0.133. The summed E-state index contributed by atoms with van der Waals surface area (Å²) in [5, 5.41) is 3.81. The van der Waals surface area contributed by atoms with Crippen LogP contribution in [0.3, 0.4) is 0 Å².